The summed E-state index contributed by atoms with van der Waals surface area (Å²) < 4.78 is 42.9. The minimum Gasteiger partial charge on any atom is -0.481 e. The number of nitrogens with one attached hydrogen (secondary N) is 11. The number of halogens is 1. The highest BCUT2D eigenvalue weighted by atomic mass is 79.9. The Labute approximate surface area is 679 Å². The van der Waals surface area contributed by atoms with Crippen molar-refractivity contribution in [2.45, 2.75) is 231 Å². The molecule has 3 aliphatic rings. The van der Waals surface area contributed by atoms with Gasteiger partial charge in [-0.25, -0.2) is 4.79 Å². The summed E-state index contributed by atoms with van der Waals surface area (Å²) in [4.78, 5) is 237. The second-order valence-corrected chi connectivity index (χ2v) is 33.7. The van der Waals surface area contributed by atoms with E-state index in [1.54, 1.807) is 110 Å². The number of ether oxygens (including phenoxy) is 1. The van der Waals surface area contributed by atoms with Crippen LogP contribution in [0.2, 0.25) is 0 Å². The Bertz CT molecular complexity index is 4280. The molecular formula is C75H109BrN18O21S. The molecule has 19 N–H and O–H groups in total. The molecule has 0 unspecified atom stereocenters. The maximum absolute atomic E-state index is 15.4. The lowest BCUT2D eigenvalue weighted by Crippen LogP contribution is -2.64. The second kappa shape index (κ2) is 41.6. The molecule has 39 nitrogen and oxygen atoms in total. The minimum absolute atomic E-state index is 0.00792. The van der Waals surface area contributed by atoms with Gasteiger partial charge in [-0.15, -0.1) is 0 Å². The van der Waals surface area contributed by atoms with E-state index in [1.807, 2.05) is 0 Å². The van der Waals surface area contributed by atoms with Crippen LogP contribution in [0, 0.1) is 16.7 Å². The number of amides is 14. The number of carboxylic acids is 1. The zero-order chi connectivity index (χ0) is 86.6. The van der Waals surface area contributed by atoms with Crippen LogP contribution in [0.25, 0.3) is 10.9 Å². The molecule has 0 saturated carbocycles. The molecule has 3 aromatic rings. The van der Waals surface area contributed by atoms with E-state index in [1.165, 1.54) is 11.8 Å². The van der Waals surface area contributed by atoms with Crippen molar-refractivity contribution >= 4 is 138 Å². The normalized spacial score (nSPS) is 21.0. The summed E-state index contributed by atoms with van der Waals surface area (Å²) in [7, 11) is -4.40. The number of benzene rings is 2. The van der Waals surface area contributed by atoms with Gasteiger partial charge in [0.1, 0.15) is 90.4 Å². The SMILES string of the molecule is CCC(C)(C)[C@H](NC(=O)[C@H](NC(=O)[C@H]1CCCN1C(=O)[C@H](Cc1ccc(Br)cc1)NC(=O)[C@@H](C)NC=O)C(C)(C)C)C(=O)N[C@H](Cc1c[nH]c2ccccc12)C(=O)N[C@@H](CCCN=C(N)N)C(=O)N[C@H](CS(=O)(=O)O)C(=O)N[C@@H]1C(=O)N(C)[C@@H](CCC(N)=O)C(=O)N[C@H](C(C)C)C(=O)N2CCC[C@H]2C(=O)N[C@H](CC(=O)O)C(=O)O[C@@H]1C. The summed E-state index contributed by atoms with van der Waals surface area (Å²) in [6, 6.07) is -7.48. The molecule has 0 radical (unpaired) electrons. The number of likely N-dealkylation sites (tertiary alicyclic amines) is 1. The van der Waals surface area contributed by atoms with Crippen LogP contribution in [-0.2, 0) is 104 Å². The molecule has 4 heterocycles. The van der Waals surface area contributed by atoms with Gasteiger partial charge in [0.05, 0.1) is 6.42 Å². The molecule has 3 saturated heterocycles. The number of hydrogen-bond acceptors (Lipinski definition) is 20. The predicted molar refractivity (Wildman–Crippen MR) is 423 cm³/mol. The number of carbonyl (C=O) groups excluding carboxylic acids is 15. The molecule has 14 amide bonds. The van der Waals surface area contributed by atoms with Crippen molar-refractivity contribution in [1.82, 2.24) is 72.9 Å². The fourth-order valence-corrected chi connectivity index (χ4v) is 14.6. The Balaban J connectivity index is 1.35. The number of aromatic amines is 1. The number of primary amides is 1. The largest absolute Gasteiger partial charge is 0.481 e. The average Bonchev–Trinajstić information content (AvgIpc) is 1.64. The van der Waals surface area contributed by atoms with Crippen molar-refractivity contribution in [2.24, 2.45) is 38.9 Å². The number of nitrogens with two attached hydrogens (primary N) is 3. The van der Waals surface area contributed by atoms with Crippen LogP contribution in [0.1, 0.15) is 145 Å². The van der Waals surface area contributed by atoms with Gasteiger partial charge in [-0.2, -0.15) is 8.42 Å². The van der Waals surface area contributed by atoms with Crippen LogP contribution in [-0.4, -0.2) is 256 Å². The van der Waals surface area contributed by atoms with Crippen LogP contribution in [0.3, 0.4) is 0 Å². The van der Waals surface area contributed by atoms with Crippen LogP contribution >= 0.6 is 15.9 Å². The highest BCUT2D eigenvalue weighted by molar-refractivity contribution is 9.10. The Morgan fingerprint density at radius 3 is 1.98 bits per heavy atom. The number of esters is 1. The van der Waals surface area contributed by atoms with Gasteiger partial charge in [-0.1, -0.05) is 102 Å². The number of guanidine groups is 1. The first-order valence-electron chi connectivity index (χ1n) is 38.1. The number of fused-ring (bicyclic) bond motifs is 2. The van der Waals surface area contributed by atoms with Gasteiger partial charge in [-0.05, 0) is 111 Å². The van der Waals surface area contributed by atoms with Gasteiger partial charge in [0.25, 0.3) is 10.1 Å². The number of H-pyrrole nitrogens is 1. The molecule has 3 aliphatic heterocycles. The number of carbonyl (C=O) groups is 16. The minimum atomic E-state index is -5.41. The molecule has 116 heavy (non-hydrogen) atoms. The lowest BCUT2D eigenvalue weighted by atomic mass is 9.80. The van der Waals surface area contributed by atoms with Crippen LogP contribution in [0.5, 0.6) is 0 Å². The standard InChI is InChI=1S/C75H109BrN18O21S/c1-12-75(9,10)59(91-67(106)58(74(6,7)8)90-66(105)53-22-16-30-93(53)69(108)48(85-60(99)39(4)82-37-95)32-41-23-25-43(76)26-24-41)68(107)84-47(33-42-35-81-45-19-14-13-18-44(42)45)62(101)83-46(20-15-29-80-73(78)79)61(100)87-50(36-116(112,113)114)63(102)89-57-40(5)115-72(111)49(34-55(97)98)86-65(104)52-21-17-31-94(52)71(110)56(38(2)3)88-64(103)51(27-28-54(77)96)92(11)70(57)109/h13-14,18-19,23-26,35,37-40,46-53,56-59,81H,12,15-17,20-22,27-34,36H2,1-11H3,(H2,77,96)(H,82,95)(H,83,101)(H,84,107)(H,85,99)(H,86,104)(H,87,100)(H,88,103)(H,89,102)(H,90,105)(H,91,106)(H,97,98)(H4,78,79,80)(H,112,113,114)/t39-,40-,46+,47-,48+,49-,50-,51+,52+,53-,56-,57+,58+,59-/m1/s1. The first-order valence-corrected chi connectivity index (χ1v) is 40.5. The predicted octanol–water partition coefficient (Wildman–Crippen LogP) is -2.21. The zero-order valence-corrected chi connectivity index (χ0v) is 69.1. The molecule has 1 aromatic heterocycles. The van der Waals surface area contributed by atoms with Crippen molar-refractivity contribution in [2.75, 3.05) is 32.4 Å². The molecule has 638 valence electrons. The van der Waals surface area contributed by atoms with Crippen molar-refractivity contribution in [3.05, 3.63) is 70.3 Å². The van der Waals surface area contributed by atoms with Crippen LogP contribution in [0.4, 0.5) is 0 Å². The lowest BCUT2D eigenvalue weighted by molar-refractivity contribution is -0.161. The molecule has 41 heteroatoms. The maximum Gasteiger partial charge on any atom is 0.329 e. The number of aromatic nitrogens is 1. The van der Waals surface area contributed by atoms with Crippen molar-refractivity contribution < 1.29 is 99.5 Å². The third-order valence-corrected chi connectivity index (χ3v) is 21.9. The lowest BCUT2D eigenvalue weighted by Gasteiger charge is -2.38. The fraction of sp³-hybridized carbons (Fsp3) is 0.587. The van der Waals surface area contributed by atoms with E-state index in [0.717, 1.165) is 23.3 Å². The van der Waals surface area contributed by atoms with Gasteiger partial charge in [-0.3, -0.25) is 81.5 Å². The summed E-state index contributed by atoms with van der Waals surface area (Å²) in [5.41, 5.74) is 16.2. The number of aliphatic carboxylic acids is 1. The third-order valence-electron chi connectivity index (χ3n) is 20.7. The van der Waals surface area contributed by atoms with Crippen LogP contribution in [0.15, 0.2) is 64.2 Å². The van der Waals surface area contributed by atoms with E-state index in [4.69, 9.17) is 21.9 Å². The quantitative estimate of drug-likeness (QED) is 0.00741. The Morgan fingerprint density at radius 1 is 0.750 bits per heavy atom. The van der Waals surface area contributed by atoms with Gasteiger partial charge >= 0.3 is 11.9 Å². The molecule has 2 aromatic carbocycles. The molecule has 14 atom stereocenters. The van der Waals surface area contributed by atoms with E-state index in [2.05, 4.69) is 79.1 Å². The fourth-order valence-electron chi connectivity index (χ4n) is 13.7. The number of rotatable bonds is 35. The zero-order valence-electron chi connectivity index (χ0n) is 66.7. The number of hydrogen-bond donors (Lipinski definition) is 16. The van der Waals surface area contributed by atoms with E-state index in [0.29, 0.717) is 39.8 Å². The van der Waals surface area contributed by atoms with Gasteiger partial charge < -0.3 is 99.9 Å². The van der Waals surface area contributed by atoms with Crippen molar-refractivity contribution in [3.63, 3.8) is 0 Å². The summed E-state index contributed by atoms with van der Waals surface area (Å²) >= 11 is 3.40. The first-order chi connectivity index (χ1) is 54.3. The van der Waals surface area contributed by atoms with E-state index < -0.39 is 238 Å². The topological polar surface area (TPSA) is 593 Å². The number of cyclic esters (lactones) is 1. The summed E-state index contributed by atoms with van der Waals surface area (Å²) in [5, 5.41) is 35.9. The molecule has 6 rings (SSSR count). The molecule has 0 bridgehead atoms. The summed E-state index contributed by atoms with van der Waals surface area (Å²) in [5.74, 6) is -19.2. The number of nitrogens with zero attached hydrogens (tertiary/aromatic N) is 4. The third kappa shape index (κ3) is 26.3. The molecular weight excluding hydrogens is 1600 g/mol. The Kier molecular flexibility index (Phi) is 33.7. The van der Waals surface area contributed by atoms with Crippen molar-refractivity contribution in [3.8, 4) is 0 Å². The number of carboxylic acid groups (broad SMARTS) is 1. The smallest absolute Gasteiger partial charge is 0.329 e. The van der Waals surface area contributed by atoms with E-state index in [9.17, 15) is 70.8 Å². The monoisotopic (exact) mass is 1710 g/mol. The number of aliphatic imine (C=N–C) groups is 1. The van der Waals surface area contributed by atoms with E-state index >= 15 is 24.0 Å². The first kappa shape index (κ1) is 94.0. The molecule has 0 spiro atoms. The van der Waals surface area contributed by atoms with Gasteiger partial charge in [0.15, 0.2) is 5.96 Å². The number of para-hydroxylation sites is 1. The highest BCUT2D eigenvalue weighted by Gasteiger charge is 2.48. The maximum atomic E-state index is 15.4. The molecule has 0 aliphatic carbocycles. The van der Waals surface area contributed by atoms with E-state index in [-0.39, 0.29) is 64.6 Å². The second-order valence-electron chi connectivity index (χ2n) is 31.3. The average molecular weight is 1710 g/mol. The molecule has 3 fully saturated rings. The van der Waals surface area contributed by atoms with Gasteiger partial charge in [0.2, 0.25) is 83.2 Å². The number of likely N-dealkylation sites (N-methyl/N-ethyl adjacent to an activating group) is 1. The summed E-state index contributed by atoms with van der Waals surface area (Å²) in [6.07, 6.45) is -2.40. The van der Waals surface area contributed by atoms with Gasteiger partial charge in [0, 0.05) is 67.5 Å². The Morgan fingerprint density at radius 2 is 1.37 bits per heavy atom. The Hall–Kier alpha value is -10.8. The summed E-state index contributed by atoms with van der Waals surface area (Å²) in [6.45, 7) is 15.4. The highest BCUT2D eigenvalue weighted by Crippen LogP contribution is 2.30. The van der Waals surface area contributed by atoms with Crippen LogP contribution < -0.4 is 70.4 Å². The van der Waals surface area contributed by atoms with Crippen molar-refractivity contribution in [1.29, 1.82) is 0 Å².